The Morgan fingerprint density at radius 3 is 2.10 bits per heavy atom. The predicted octanol–water partition coefficient (Wildman–Crippen LogP) is 4.72. The first-order valence-electron chi connectivity index (χ1n) is 11.7. The molecule has 1 fully saturated rings. The lowest BCUT2D eigenvalue weighted by molar-refractivity contribution is -0.174. The van der Waals surface area contributed by atoms with Crippen molar-refractivity contribution >= 4 is 48.2 Å². The van der Waals surface area contributed by atoms with Crippen molar-refractivity contribution in [3.05, 3.63) is 47.5 Å². The molecular weight excluding hydrogens is 610 g/mol. The molecule has 40 heavy (non-hydrogen) atoms. The third-order valence-corrected chi connectivity index (χ3v) is 10.5. The Balaban J connectivity index is 1.82. The van der Waals surface area contributed by atoms with Crippen LogP contribution in [0.15, 0.2) is 52.3 Å². The van der Waals surface area contributed by atoms with Crippen molar-refractivity contribution in [1.29, 1.82) is 0 Å². The fourth-order valence-electron chi connectivity index (χ4n) is 4.41. The lowest BCUT2D eigenvalue weighted by Gasteiger charge is -2.42. The van der Waals surface area contributed by atoms with Gasteiger partial charge in [-0.2, -0.15) is 38.8 Å². The van der Waals surface area contributed by atoms with Crippen LogP contribution in [-0.4, -0.2) is 80.7 Å². The molecule has 3 aromatic rings. The number of hydrogen-bond acceptors (Lipinski definition) is 7. The molecule has 2 aromatic carbocycles. The summed E-state index contributed by atoms with van der Waals surface area (Å²) in [6.07, 6.45) is -9.70. The number of fused-ring (bicyclic) bond motifs is 1. The highest BCUT2D eigenvalue weighted by molar-refractivity contribution is 7.92. The van der Waals surface area contributed by atoms with Crippen molar-refractivity contribution in [1.82, 2.24) is 14.1 Å². The molecule has 8 nitrogen and oxygen atoms in total. The molecule has 0 N–H and O–H groups in total. The Kier molecular flexibility index (Phi) is 7.88. The normalized spacial score (nSPS) is 18.1. The Labute approximate surface area is 231 Å². The van der Waals surface area contributed by atoms with Crippen LogP contribution in [0.25, 0.3) is 10.9 Å². The fourth-order valence-corrected chi connectivity index (χ4v) is 7.00. The van der Waals surface area contributed by atoms with E-state index in [9.17, 15) is 43.2 Å². The maximum absolute atomic E-state index is 14.1. The highest BCUT2D eigenvalue weighted by atomic mass is 35.5. The smallest absolute Gasteiger partial charge is 0.340 e. The molecule has 0 bridgehead atoms. The van der Waals surface area contributed by atoms with Crippen LogP contribution in [0, 0.1) is 0 Å². The van der Waals surface area contributed by atoms with Gasteiger partial charge in [-0.3, -0.25) is 4.90 Å². The Bertz CT molecular complexity index is 1620. The average Bonchev–Trinajstić information content (AvgIpc) is 3.24. The first-order valence-corrected chi connectivity index (χ1v) is 15.1. The van der Waals surface area contributed by atoms with E-state index in [1.807, 2.05) is 0 Å². The molecule has 1 aromatic heterocycles. The van der Waals surface area contributed by atoms with Gasteiger partial charge < -0.3 is 4.90 Å². The summed E-state index contributed by atoms with van der Waals surface area (Å²) in [7, 11) is -8.30. The van der Waals surface area contributed by atoms with Crippen LogP contribution in [0.5, 0.6) is 0 Å². The molecule has 1 unspecified atom stereocenters. The van der Waals surface area contributed by atoms with Gasteiger partial charge in [-0.15, -0.1) is 5.10 Å². The zero-order valence-electron chi connectivity index (χ0n) is 20.9. The summed E-state index contributed by atoms with van der Waals surface area (Å²) < 4.78 is 133. The molecule has 1 atom stereocenters. The van der Waals surface area contributed by atoms with Crippen LogP contribution in [0.3, 0.4) is 0 Å². The second-order valence-electron chi connectivity index (χ2n) is 9.47. The van der Waals surface area contributed by atoms with Crippen LogP contribution in [0.4, 0.5) is 32.2 Å². The molecule has 0 spiro atoms. The van der Waals surface area contributed by atoms with Crippen LogP contribution >= 0.6 is 11.6 Å². The maximum Gasteiger partial charge on any atom is 0.410 e. The Morgan fingerprint density at radius 1 is 0.950 bits per heavy atom. The largest absolute Gasteiger partial charge is 0.410 e. The van der Waals surface area contributed by atoms with Crippen LogP contribution in [-0.2, 0) is 19.9 Å². The molecule has 0 saturated carbocycles. The number of nitrogens with zero attached hydrogens (tertiary/aromatic N) is 4. The molecule has 1 saturated heterocycles. The van der Waals surface area contributed by atoms with Crippen LogP contribution in [0.2, 0.25) is 5.02 Å². The number of anilines is 1. The minimum Gasteiger partial charge on any atom is -0.340 e. The molecule has 220 valence electrons. The molecule has 1 aliphatic heterocycles. The van der Waals surface area contributed by atoms with Crippen molar-refractivity contribution < 1.29 is 43.2 Å². The van der Waals surface area contributed by atoms with Gasteiger partial charge in [-0.05, 0) is 50.2 Å². The van der Waals surface area contributed by atoms with Gasteiger partial charge in [0, 0.05) is 19.6 Å². The molecular formula is C23H23ClF6N4O4S2. The first kappa shape index (κ1) is 30.4. The summed E-state index contributed by atoms with van der Waals surface area (Å²) >= 11 is 6.29. The summed E-state index contributed by atoms with van der Waals surface area (Å²) in [4.78, 5) is 0.818. The molecule has 0 radical (unpaired) electrons. The lowest BCUT2D eigenvalue weighted by atomic mass is 10.1. The number of sulfone groups is 1. The van der Waals surface area contributed by atoms with E-state index in [0.29, 0.717) is 13.9 Å². The SMILES string of the molecule is CC(C)S(=O)(=O)c1ccc(S(=O)(=O)n2nc(N3CCN(CC(F)(F)F)CC3C(F)(F)F)c3c(Cl)cccc32)cc1. The van der Waals surface area contributed by atoms with Gasteiger partial charge in [0.2, 0.25) is 0 Å². The number of piperazine rings is 1. The van der Waals surface area contributed by atoms with Gasteiger partial charge in [0.05, 0.1) is 37.5 Å². The molecule has 0 amide bonds. The summed E-state index contributed by atoms with van der Waals surface area (Å²) in [6.45, 7) is -0.597. The summed E-state index contributed by atoms with van der Waals surface area (Å²) in [6, 6.07) is 5.80. The summed E-state index contributed by atoms with van der Waals surface area (Å²) in [5.74, 6) is -0.461. The van der Waals surface area contributed by atoms with E-state index in [2.05, 4.69) is 5.10 Å². The average molecular weight is 633 g/mol. The second-order valence-corrected chi connectivity index (χ2v) is 14.2. The predicted molar refractivity (Wildman–Crippen MR) is 136 cm³/mol. The van der Waals surface area contributed by atoms with E-state index in [1.54, 1.807) is 0 Å². The quantitative estimate of drug-likeness (QED) is 0.363. The minimum absolute atomic E-state index is 0.119. The van der Waals surface area contributed by atoms with Crippen LogP contribution in [0.1, 0.15) is 13.8 Å². The van der Waals surface area contributed by atoms with E-state index in [1.165, 1.54) is 32.0 Å². The highest BCUT2D eigenvalue weighted by Gasteiger charge is 2.49. The van der Waals surface area contributed by atoms with E-state index >= 15 is 0 Å². The molecule has 17 heteroatoms. The monoisotopic (exact) mass is 632 g/mol. The zero-order chi connectivity index (χ0) is 29.8. The van der Waals surface area contributed by atoms with Crippen molar-refractivity contribution in [2.45, 2.75) is 47.3 Å². The van der Waals surface area contributed by atoms with Gasteiger partial charge in [0.15, 0.2) is 15.7 Å². The standard InChI is InChI=1S/C23H23ClF6N4O4S2/c1-14(2)39(35,36)15-6-8-16(9-7-15)40(37,38)34-18-5-3-4-17(24)20(18)21(31-34)33-11-10-32(13-22(25,26)27)12-19(33)23(28,29)30/h3-9,14,19H,10-13H2,1-2H3. The number of hydrogen-bond donors (Lipinski definition) is 0. The first-order chi connectivity index (χ1) is 18.3. The molecule has 2 heterocycles. The Morgan fingerprint density at radius 2 is 1.55 bits per heavy atom. The van der Waals surface area contributed by atoms with Gasteiger partial charge >= 0.3 is 12.4 Å². The summed E-state index contributed by atoms with van der Waals surface area (Å²) in [5, 5.41) is 2.97. The number of alkyl halides is 6. The van der Waals surface area contributed by atoms with Gasteiger partial charge in [-0.25, -0.2) is 8.42 Å². The Hall–Kier alpha value is -2.56. The number of halogens is 7. The molecule has 1 aliphatic rings. The topological polar surface area (TPSA) is 92.6 Å². The van der Waals surface area contributed by atoms with Gasteiger partial charge in [0.25, 0.3) is 10.0 Å². The van der Waals surface area contributed by atoms with Gasteiger partial charge in [-0.1, -0.05) is 17.7 Å². The number of rotatable bonds is 6. The third kappa shape index (κ3) is 5.76. The summed E-state index contributed by atoms with van der Waals surface area (Å²) in [5.41, 5.74) is -0.167. The van der Waals surface area contributed by atoms with Crippen molar-refractivity contribution in [3.8, 4) is 0 Å². The minimum atomic E-state index is -4.99. The molecule has 0 aliphatic carbocycles. The van der Waals surface area contributed by atoms with E-state index < -0.39 is 80.4 Å². The second kappa shape index (κ2) is 10.4. The zero-order valence-corrected chi connectivity index (χ0v) is 23.3. The highest BCUT2D eigenvalue weighted by Crippen LogP contribution is 2.39. The number of aromatic nitrogens is 2. The fraction of sp³-hybridized carbons (Fsp3) is 0.435. The third-order valence-electron chi connectivity index (χ3n) is 6.42. The van der Waals surface area contributed by atoms with Crippen molar-refractivity contribution in [2.24, 2.45) is 0 Å². The lowest BCUT2D eigenvalue weighted by Crippen LogP contribution is -2.60. The number of benzene rings is 2. The van der Waals surface area contributed by atoms with E-state index in [-0.39, 0.29) is 20.8 Å². The molecule has 4 rings (SSSR count). The van der Waals surface area contributed by atoms with E-state index in [4.69, 9.17) is 11.6 Å². The van der Waals surface area contributed by atoms with E-state index in [0.717, 1.165) is 24.3 Å². The van der Waals surface area contributed by atoms with Crippen LogP contribution < -0.4 is 4.90 Å². The maximum atomic E-state index is 14.1. The van der Waals surface area contributed by atoms with Crippen molar-refractivity contribution in [2.75, 3.05) is 31.1 Å². The van der Waals surface area contributed by atoms with Gasteiger partial charge in [0.1, 0.15) is 6.04 Å². The van der Waals surface area contributed by atoms with Crippen molar-refractivity contribution in [3.63, 3.8) is 0 Å².